The molecule has 7 nitrogen and oxygen atoms in total. The van der Waals surface area contributed by atoms with Crippen molar-refractivity contribution in [2.75, 3.05) is 18.4 Å². The summed E-state index contributed by atoms with van der Waals surface area (Å²) in [6.07, 6.45) is -30.0. The fourth-order valence-corrected chi connectivity index (χ4v) is 4.67. The number of hydrogen-bond donors (Lipinski definition) is 4. The van der Waals surface area contributed by atoms with Crippen LogP contribution in [0.25, 0.3) is 10.8 Å². The number of alkyl halides is 23. The Labute approximate surface area is 305 Å². The Hall–Kier alpha value is -4.57. The SMILES string of the molecule is Cc1cc(NC(=O)NCCCCNC(=O)OC(C(F)(F)F)(C(F)(F)F)C(F)(F)C(F)(F)C(F)(F)C(F)(F)C(F)(F)C(F)(F)C(F)(F)C(F)(F)F)c2ccccc2c1O. The molecule has 0 atom stereocenters. The number of halogens is 23. The molecule has 58 heavy (non-hydrogen) atoms. The second kappa shape index (κ2) is 15.2. The quantitative estimate of drug-likeness (QED) is 0.0862. The summed E-state index contributed by atoms with van der Waals surface area (Å²) in [5, 5.41) is 16.0. The van der Waals surface area contributed by atoms with Gasteiger partial charge >= 0.3 is 77.7 Å². The Morgan fingerprint density at radius 3 is 1.34 bits per heavy atom. The maximum atomic E-state index is 14.7. The molecule has 2 aromatic carbocycles. The number of urea groups is 1. The lowest BCUT2D eigenvalue weighted by Crippen LogP contribution is -2.81. The van der Waals surface area contributed by atoms with Gasteiger partial charge in [-0.3, -0.25) is 0 Å². The van der Waals surface area contributed by atoms with Crippen LogP contribution in [-0.4, -0.2) is 95.9 Å². The number of amides is 3. The van der Waals surface area contributed by atoms with Crippen LogP contribution in [0.2, 0.25) is 0 Å². The van der Waals surface area contributed by atoms with Crippen LogP contribution in [0.15, 0.2) is 30.3 Å². The van der Waals surface area contributed by atoms with Crippen molar-refractivity contribution in [1.82, 2.24) is 10.6 Å². The van der Waals surface area contributed by atoms with Gasteiger partial charge in [0.25, 0.3) is 0 Å². The normalized spacial score (nSPS) is 14.7. The molecule has 0 aliphatic heterocycles. The van der Waals surface area contributed by atoms with Crippen molar-refractivity contribution in [3.05, 3.63) is 35.9 Å². The summed E-state index contributed by atoms with van der Waals surface area (Å²) in [6.45, 7) is -0.431. The maximum Gasteiger partial charge on any atom is 0.460 e. The van der Waals surface area contributed by atoms with E-state index in [-0.39, 0.29) is 22.4 Å². The average Bonchev–Trinajstić information content (AvgIpc) is 3.05. The first kappa shape index (κ1) is 49.6. The molecule has 2 aromatic rings. The summed E-state index contributed by atoms with van der Waals surface area (Å²) < 4.78 is 316. The number of aromatic hydroxyl groups is 1. The van der Waals surface area contributed by atoms with E-state index in [1.54, 1.807) is 0 Å². The Morgan fingerprint density at radius 1 is 0.552 bits per heavy atom. The molecular formula is C28H20F23N3O4. The van der Waals surface area contributed by atoms with Crippen LogP contribution in [0.4, 0.5) is 116 Å². The summed E-state index contributed by atoms with van der Waals surface area (Å²) in [5.41, 5.74) is -8.17. The van der Waals surface area contributed by atoms with Crippen LogP contribution >= 0.6 is 0 Å². The largest absolute Gasteiger partial charge is 0.507 e. The number of phenolic OH excluding ortho intramolecular Hbond substituents is 1. The fraction of sp³-hybridized carbons (Fsp3) is 0.571. The molecule has 0 heterocycles. The van der Waals surface area contributed by atoms with E-state index in [0.29, 0.717) is 5.39 Å². The van der Waals surface area contributed by atoms with Crippen molar-refractivity contribution in [1.29, 1.82) is 0 Å². The number of benzene rings is 2. The predicted octanol–water partition coefficient (Wildman–Crippen LogP) is 10.4. The van der Waals surface area contributed by atoms with Gasteiger partial charge in [0, 0.05) is 23.9 Å². The zero-order chi connectivity index (χ0) is 45.7. The molecule has 0 fully saturated rings. The van der Waals surface area contributed by atoms with E-state index >= 15 is 0 Å². The van der Waals surface area contributed by atoms with Gasteiger partial charge in [0.15, 0.2) is 0 Å². The third kappa shape index (κ3) is 7.69. The zero-order valence-electron chi connectivity index (χ0n) is 27.6. The third-order valence-electron chi connectivity index (χ3n) is 7.82. The molecule has 0 saturated heterocycles. The van der Waals surface area contributed by atoms with E-state index in [0.717, 1.165) is 5.32 Å². The van der Waals surface area contributed by atoms with Crippen LogP contribution in [0.1, 0.15) is 18.4 Å². The van der Waals surface area contributed by atoms with Crippen LogP contribution in [-0.2, 0) is 4.74 Å². The number of anilines is 1. The standard InChI is InChI=1S/C28H20F23N3O4/c1-11-10-14(12-6-2-3-7-13(12)15(11)55)54-16(56)52-8-4-5-9-53-17(57)58-18(26(43,44)45,27(46,47)48)19(29,30)20(31,32)21(33,34)22(35,36)23(37,38)24(39,40)25(41,42)28(49,50)51/h2-3,6-7,10,55H,4-5,8-9H2,1H3,(H,53,57)(H2,52,54,56). The molecule has 0 unspecified atom stereocenters. The van der Waals surface area contributed by atoms with Crippen molar-refractivity contribution < 1.29 is 120 Å². The lowest BCUT2D eigenvalue weighted by Gasteiger charge is -2.47. The Kier molecular flexibility index (Phi) is 13.0. The smallest absolute Gasteiger partial charge is 0.460 e. The van der Waals surface area contributed by atoms with Crippen molar-refractivity contribution in [2.24, 2.45) is 0 Å². The molecule has 4 N–H and O–H groups in total. The molecule has 2 rings (SSSR count). The van der Waals surface area contributed by atoms with Gasteiger partial charge in [-0.1, -0.05) is 24.3 Å². The Bertz CT molecular complexity index is 1810. The number of carbonyl (C=O) groups excluding carboxylic acids is 2. The molecule has 0 saturated carbocycles. The van der Waals surface area contributed by atoms with Gasteiger partial charge in [-0.25, -0.2) is 9.59 Å². The van der Waals surface area contributed by atoms with E-state index in [4.69, 9.17) is 0 Å². The van der Waals surface area contributed by atoms with E-state index in [1.807, 2.05) is 0 Å². The van der Waals surface area contributed by atoms with Gasteiger partial charge < -0.3 is 25.8 Å². The molecule has 0 aliphatic rings. The van der Waals surface area contributed by atoms with Gasteiger partial charge in [-0.05, 0) is 31.4 Å². The maximum absolute atomic E-state index is 14.7. The van der Waals surface area contributed by atoms with Gasteiger partial charge in [-0.2, -0.15) is 101 Å². The van der Waals surface area contributed by atoms with E-state index < -0.39 is 104 Å². The van der Waals surface area contributed by atoms with Crippen LogP contribution in [0.3, 0.4) is 0 Å². The lowest BCUT2D eigenvalue weighted by atomic mass is 9.82. The number of nitrogens with one attached hydrogen (secondary N) is 3. The summed E-state index contributed by atoms with van der Waals surface area (Å²) in [4.78, 5) is 24.1. The monoisotopic (exact) mass is 899 g/mol. The fourth-order valence-electron chi connectivity index (χ4n) is 4.67. The first-order valence-electron chi connectivity index (χ1n) is 14.7. The molecule has 3 amide bonds. The zero-order valence-corrected chi connectivity index (χ0v) is 27.6. The number of fused-ring (bicyclic) bond motifs is 1. The topological polar surface area (TPSA) is 99.7 Å². The number of phenols is 1. The van der Waals surface area contributed by atoms with Crippen molar-refractivity contribution in [2.45, 2.75) is 85.4 Å². The van der Waals surface area contributed by atoms with E-state index in [1.165, 1.54) is 37.3 Å². The predicted molar refractivity (Wildman–Crippen MR) is 147 cm³/mol. The van der Waals surface area contributed by atoms with E-state index in [2.05, 4.69) is 15.4 Å². The van der Waals surface area contributed by atoms with Crippen LogP contribution < -0.4 is 16.0 Å². The summed E-state index contributed by atoms with van der Waals surface area (Å²) in [6, 6.07) is 6.27. The number of hydrogen-bond acceptors (Lipinski definition) is 4. The summed E-state index contributed by atoms with van der Waals surface area (Å²) >= 11 is 0. The Balaban J connectivity index is 2.35. The minimum atomic E-state index is -9.60. The highest BCUT2D eigenvalue weighted by Gasteiger charge is 3.00. The number of carbonyl (C=O) groups is 2. The number of ether oxygens (including phenoxy) is 1. The highest BCUT2D eigenvalue weighted by Crippen LogP contribution is 2.67. The molecular weight excluding hydrogens is 879 g/mol. The summed E-state index contributed by atoms with van der Waals surface area (Å²) in [5.74, 6) is -65.3. The molecule has 332 valence electrons. The highest BCUT2D eigenvalue weighted by molar-refractivity contribution is 6.04. The van der Waals surface area contributed by atoms with Crippen LogP contribution in [0, 0.1) is 6.92 Å². The highest BCUT2D eigenvalue weighted by atomic mass is 19.4. The van der Waals surface area contributed by atoms with Crippen LogP contribution in [0.5, 0.6) is 5.75 Å². The molecule has 0 radical (unpaired) electrons. The average molecular weight is 899 g/mol. The second-order valence-electron chi connectivity index (χ2n) is 11.7. The van der Waals surface area contributed by atoms with Gasteiger partial charge in [0.1, 0.15) is 5.75 Å². The van der Waals surface area contributed by atoms with Gasteiger partial charge in [-0.15, -0.1) is 0 Å². The lowest BCUT2D eigenvalue weighted by molar-refractivity contribution is -0.491. The van der Waals surface area contributed by atoms with Crippen molar-refractivity contribution in [3.8, 4) is 5.75 Å². The van der Waals surface area contributed by atoms with Gasteiger partial charge in [0.05, 0.1) is 5.69 Å². The van der Waals surface area contributed by atoms with Crippen molar-refractivity contribution in [3.63, 3.8) is 0 Å². The number of aryl methyl sites for hydroxylation is 1. The Morgan fingerprint density at radius 2 is 0.931 bits per heavy atom. The third-order valence-corrected chi connectivity index (χ3v) is 7.82. The number of rotatable bonds is 14. The van der Waals surface area contributed by atoms with Crippen molar-refractivity contribution >= 4 is 28.6 Å². The summed E-state index contributed by atoms with van der Waals surface area (Å²) in [7, 11) is 0. The molecule has 0 bridgehead atoms. The molecule has 0 aliphatic carbocycles. The second-order valence-corrected chi connectivity index (χ2v) is 11.7. The molecule has 0 aromatic heterocycles. The number of alkyl carbamates (subject to hydrolysis) is 1. The first-order valence-corrected chi connectivity index (χ1v) is 14.7. The minimum Gasteiger partial charge on any atom is -0.507 e. The minimum absolute atomic E-state index is 0.115. The number of unbranched alkanes of at least 4 members (excludes halogenated alkanes) is 1. The first-order chi connectivity index (χ1) is 25.7. The van der Waals surface area contributed by atoms with E-state index in [9.17, 15) is 116 Å². The van der Waals surface area contributed by atoms with Gasteiger partial charge in [0.2, 0.25) is 0 Å². The molecule has 0 spiro atoms. The molecule has 30 heteroatoms.